The van der Waals surface area contributed by atoms with E-state index in [0.29, 0.717) is 12.0 Å². The van der Waals surface area contributed by atoms with Crippen LogP contribution in [0.15, 0.2) is 66.7 Å². The molecule has 21 heavy (non-hydrogen) atoms. The summed E-state index contributed by atoms with van der Waals surface area (Å²) in [7, 11) is 0. The summed E-state index contributed by atoms with van der Waals surface area (Å²) < 4.78 is 0. The third-order valence-corrected chi connectivity index (χ3v) is 3.62. The number of benzene rings is 2. The molecule has 108 valence electrons. The predicted molar refractivity (Wildman–Crippen MR) is 86.9 cm³/mol. The van der Waals surface area contributed by atoms with E-state index < -0.39 is 5.91 Å². The second kappa shape index (κ2) is 7.44. The largest absolute Gasteiger partial charge is 0.366 e. The summed E-state index contributed by atoms with van der Waals surface area (Å²) in [5.74, 6) is -0.432. The van der Waals surface area contributed by atoms with Crippen LogP contribution in [0.3, 0.4) is 0 Å². The van der Waals surface area contributed by atoms with Crippen molar-refractivity contribution in [3.63, 3.8) is 0 Å². The third kappa shape index (κ3) is 4.60. The lowest BCUT2D eigenvalue weighted by Gasteiger charge is -2.00. The number of primary amides is 1. The lowest BCUT2D eigenvalue weighted by molar-refractivity contribution is -0.114. The van der Waals surface area contributed by atoms with Gasteiger partial charge in [-0.2, -0.15) is 0 Å². The number of carbonyl (C=O) groups excluding carboxylic acids is 1. The maximum atomic E-state index is 10.6. The zero-order valence-electron chi connectivity index (χ0n) is 12.2. The fourth-order valence-corrected chi connectivity index (χ4v) is 2.44. The molecule has 0 heterocycles. The molecule has 0 bridgehead atoms. The Bertz CT molecular complexity index is 593. The summed E-state index contributed by atoms with van der Waals surface area (Å²) in [5.41, 5.74) is 9.68. The van der Waals surface area contributed by atoms with Crippen LogP contribution in [0.2, 0.25) is 0 Å². The van der Waals surface area contributed by atoms with Crippen molar-refractivity contribution in [1.29, 1.82) is 0 Å². The van der Waals surface area contributed by atoms with Crippen molar-refractivity contribution in [3.05, 3.63) is 83.4 Å². The van der Waals surface area contributed by atoms with Crippen LogP contribution >= 0.6 is 0 Å². The first-order valence-electron chi connectivity index (χ1n) is 7.25. The molecule has 0 fully saturated rings. The molecule has 0 unspecified atom stereocenters. The minimum atomic E-state index is -0.432. The van der Waals surface area contributed by atoms with Gasteiger partial charge in [0, 0.05) is 12.0 Å². The Morgan fingerprint density at radius 3 is 2.00 bits per heavy atom. The van der Waals surface area contributed by atoms with Crippen LogP contribution in [0, 0.1) is 0 Å². The van der Waals surface area contributed by atoms with Gasteiger partial charge in [0.15, 0.2) is 0 Å². The molecule has 1 amide bonds. The molecule has 0 saturated heterocycles. The number of amides is 1. The van der Waals surface area contributed by atoms with Crippen LogP contribution in [0.5, 0.6) is 0 Å². The van der Waals surface area contributed by atoms with Gasteiger partial charge in [-0.25, -0.2) is 0 Å². The zero-order valence-corrected chi connectivity index (χ0v) is 12.2. The van der Waals surface area contributed by atoms with Crippen molar-refractivity contribution in [2.45, 2.75) is 25.7 Å². The van der Waals surface area contributed by atoms with Gasteiger partial charge in [0.2, 0.25) is 5.91 Å². The monoisotopic (exact) mass is 279 g/mol. The Kier molecular flexibility index (Phi) is 5.33. The first-order valence-corrected chi connectivity index (χ1v) is 7.25. The average molecular weight is 279 g/mol. The molecule has 1 aliphatic carbocycles. The summed E-state index contributed by atoms with van der Waals surface area (Å²) in [4.78, 5) is 10.6. The first kappa shape index (κ1) is 15.0. The van der Waals surface area contributed by atoms with Crippen LogP contribution in [-0.2, 0) is 24.1 Å². The third-order valence-electron chi connectivity index (χ3n) is 3.62. The van der Waals surface area contributed by atoms with Crippen LogP contribution in [0.4, 0.5) is 0 Å². The maximum Gasteiger partial charge on any atom is 0.244 e. The topological polar surface area (TPSA) is 43.1 Å². The van der Waals surface area contributed by atoms with E-state index in [-0.39, 0.29) is 0 Å². The number of rotatable bonds is 3. The normalized spacial score (nSPS) is 12.0. The molecule has 0 radical (unpaired) electrons. The highest BCUT2D eigenvalue weighted by Crippen LogP contribution is 2.20. The van der Waals surface area contributed by atoms with Crippen LogP contribution in [0.25, 0.3) is 0 Å². The number of nitrogens with two attached hydrogens (primary N) is 1. The molecule has 1 aliphatic rings. The van der Waals surface area contributed by atoms with Gasteiger partial charge in [-0.3, -0.25) is 4.79 Å². The smallest absolute Gasteiger partial charge is 0.244 e. The Morgan fingerprint density at radius 1 is 0.952 bits per heavy atom. The van der Waals surface area contributed by atoms with Crippen molar-refractivity contribution < 1.29 is 4.79 Å². The standard InChI is InChI=1S/C10H11NO.C9H10/c1-8(10(11)12)7-9-5-3-2-4-6-9;1-2-5-9-7-3-6-8(9)4-1/h2-6H,1,7H2,(H2,11,12);1-2,4-5H,3,6-7H2. The fraction of sp³-hybridized carbons (Fsp3) is 0.211. The number of hydrogen-bond donors (Lipinski definition) is 1. The molecule has 2 N–H and O–H groups in total. The van der Waals surface area contributed by atoms with E-state index >= 15 is 0 Å². The number of carbonyl (C=O) groups is 1. The molecular formula is C19H21NO. The van der Waals surface area contributed by atoms with Gasteiger partial charge < -0.3 is 5.73 Å². The quantitative estimate of drug-likeness (QED) is 0.859. The second-order valence-corrected chi connectivity index (χ2v) is 5.25. The molecule has 0 spiro atoms. The van der Waals surface area contributed by atoms with Crippen molar-refractivity contribution in [1.82, 2.24) is 0 Å². The summed E-state index contributed by atoms with van der Waals surface area (Å²) >= 11 is 0. The minimum Gasteiger partial charge on any atom is -0.366 e. The molecule has 3 rings (SSSR count). The highest BCUT2D eigenvalue weighted by molar-refractivity contribution is 5.91. The molecule has 2 aromatic carbocycles. The van der Waals surface area contributed by atoms with Crippen LogP contribution in [0.1, 0.15) is 23.1 Å². The predicted octanol–water partition coefficient (Wildman–Crippen LogP) is 3.45. The van der Waals surface area contributed by atoms with E-state index in [4.69, 9.17) is 5.73 Å². The van der Waals surface area contributed by atoms with E-state index in [2.05, 4.69) is 30.8 Å². The minimum absolute atomic E-state index is 0.432. The average Bonchev–Trinajstić information content (AvgIpc) is 2.97. The van der Waals surface area contributed by atoms with Crippen LogP contribution < -0.4 is 5.73 Å². The lowest BCUT2D eigenvalue weighted by Crippen LogP contribution is -2.14. The van der Waals surface area contributed by atoms with Gasteiger partial charge in [0.05, 0.1) is 0 Å². The Morgan fingerprint density at radius 2 is 1.48 bits per heavy atom. The highest BCUT2D eigenvalue weighted by atomic mass is 16.1. The van der Waals surface area contributed by atoms with E-state index in [0.717, 1.165) is 5.56 Å². The van der Waals surface area contributed by atoms with Gasteiger partial charge in [0.1, 0.15) is 0 Å². The first-order chi connectivity index (χ1) is 10.2. The van der Waals surface area contributed by atoms with Crippen molar-refractivity contribution in [3.8, 4) is 0 Å². The Hall–Kier alpha value is -2.35. The highest BCUT2D eigenvalue weighted by Gasteiger charge is 2.07. The van der Waals surface area contributed by atoms with E-state index in [1.807, 2.05) is 30.3 Å². The number of hydrogen-bond acceptors (Lipinski definition) is 1. The van der Waals surface area contributed by atoms with Gasteiger partial charge in [-0.15, -0.1) is 0 Å². The molecule has 0 saturated carbocycles. The van der Waals surface area contributed by atoms with E-state index in [1.54, 1.807) is 11.1 Å². The van der Waals surface area contributed by atoms with Gasteiger partial charge in [0.25, 0.3) is 0 Å². The van der Waals surface area contributed by atoms with Gasteiger partial charge in [-0.1, -0.05) is 61.2 Å². The second-order valence-electron chi connectivity index (χ2n) is 5.25. The van der Waals surface area contributed by atoms with Gasteiger partial charge >= 0.3 is 0 Å². The van der Waals surface area contributed by atoms with Crippen LogP contribution in [-0.4, -0.2) is 5.91 Å². The summed E-state index contributed by atoms with van der Waals surface area (Å²) in [6.45, 7) is 3.57. The molecule has 2 nitrogen and oxygen atoms in total. The molecule has 0 aliphatic heterocycles. The molecule has 2 aromatic rings. The van der Waals surface area contributed by atoms with Crippen molar-refractivity contribution in [2.24, 2.45) is 5.73 Å². The summed E-state index contributed by atoms with van der Waals surface area (Å²) in [6, 6.07) is 18.4. The summed E-state index contributed by atoms with van der Waals surface area (Å²) in [5, 5.41) is 0. The zero-order chi connectivity index (χ0) is 15.1. The maximum absolute atomic E-state index is 10.6. The van der Waals surface area contributed by atoms with Gasteiger partial charge in [-0.05, 0) is 36.0 Å². The van der Waals surface area contributed by atoms with Crippen molar-refractivity contribution >= 4 is 5.91 Å². The number of fused-ring (bicyclic) bond motifs is 1. The number of aryl methyl sites for hydroxylation is 2. The fourth-order valence-electron chi connectivity index (χ4n) is 2.44. The Balaban J connectivity index is 0.000000159. The van der Waals surface area contributed by atoms with Crippen molar-refractivity contribution in [2.75, 3.05) is 0 Å². The summed E-state index contributed by atoms with van der Waals surface area (Å²) in [6.07, 6.45) is 4.50. The molecular weight excluding hydrogens is 258 g/mol. The molecule has 0 aromatic heterocycles. The Labute approximate surface area is 126 Å². The lowest BCUT2D eigenvalue weighted by atomic mass is 10.1. The van der Waals surface area contributed by atoms with E-state index in [1.165, 1.54) is 19.3 Å². The molecule has 2 heteroatoms. The van der Waals surface area contributed by atoms with E-state index in [9.17, 15) is 4.79 Å². The SMILES string of the molecule is C=C(Cc1ccccc1)C(N)=O.c1ccc2c(c1)CCC2. The molecule has 0 atom stereocenters.